The molecule has 0 spiro atoms. The molecule has 2 rings (SSSR count). The van der Waals surface area contributed by atoms with Crippen LogP contribution in [0, 0.1) is 12.3 Å². The van der Waals surface area contributed by atoms with Crippen molar-refractivity contribution in [2.75, 3.05) is 18.1 Å². The number of hydrogen-bond donors (Lipinski definition) is 0. The smallest absolute Gasteiger partial charge is 0.339 e. The van der Waals surface area contributed by atoms with Crippen LogP contribution in [0.5, 0.6) is 0 Å². The number of carbonyl (C=O) groups excluding carboxylic acids is 2. The van der Waals surface area contributed by atoms with Gasteiger partial charge in [0, 0.05) is 18.7 Å². The molecule has 4 nitrogen and oxygen atoms in total. The van der Waals surface area contributed by atoms with Crippen LogP contribution in [0.15, 0.2) is 24.3 Å². The predicted molar refractivity (Wildman–Crippen MR) is 67.1 cm³/mol. The Morgan fingerprint density at radius 2 is 2.11 bits per heavy atom. The van der Waals surface area contributed by atoms with Crippen LogP contribution in [0.3, 0.4) is 0 Å². The summed E-state index contributed by atoms with van der Waals surface area (Å²) in [7, 11) is 0. The third-order valence-electron chi connectivity index (χ3n) is 2.77. The Balaban J connectivity index is 2.08. The second-order valence-corrected chi connectivity index (χ2v) is 3.98. The first kappa shape index (κ1) is 12.2. The molecule has 1 aromatic rings. The molecule has 0 aliphatic carbocycles. The first-order valence-electron chi connectivity index (χ1n) is 5.73. The number of carbonyl (C=O) groups is 2. The zero-order chi connectivity index (χ0) is 13.0. The lowest BCUT2D eigenvalue weighted by Crippen LogP contribution is -2.23. The Morgan fingerprint density at radius 3 is 2.67 bits per heavy atom. The number of benzene rings is 1. The number of anilines is 1. The maximum Gasteiger partial charge on any atom is 0.339 e. The zero-order valence-electron chi connectivity index (χ0n) is 9.89. The number of hydrogen-bond acceptors (Lipinski definition) is 3. The summed E-state index contributed by atoms with van der Waals surface area (Å²) in [5, 5.41) is 0. The summed E-state index contributed by atoms with van der Waals surface area (Å²) in [6.07, 6.45) is 6.47. The van der Waals surface area contributed by atoms with Crippen molar-refractivity contribution < 1.29 is 14.3 Å². The van der Waals surface area contributed by atoms with E-state index >= 15 is 0 Å². The van der Waals surface area contributed by atoms with Gasteiger partial charge in [0.15, 0.2) is 6.61 Å². The Hall–Kier alpha value is -2.28. The van der Waals surface area contributed by atoms with Crippen LogP contribution < -0.4 is 4.90 Å². The lowest BCUT2D eigenvalue weighted by atomic mass is 10.2. The van der Waals surface area contributed by atoms with Gasteiger partial charge in [0.2, 0.25) is 5.91 Å². The summed E-state index contributed by atoms with van der Waals surface area (Å²) in [6.45, 7) is 0.699. The van der Waals surface area contributed by atoms with Gasteiger partial charge in [0.1, 0.15) is 0 Å². The van der Waals surface area contributed by atoms with E-state index in [1.807, 2.05) is 0 Å². The lowest BCUT2D eigenvalue weighted by Gasteiger charge is -2.15. The first-order valence-corrected chi connectivity index (χ1v) is 5.73. The van der Waals surface area contributed by atoms with Crippen LogP contribution in [0.25, 0.3) is 0 Å². The molecule has 92 valence electrons. The molecule has 1 aromatic carbocycles. The molecule has 1 aliphatic heterocycles. The topological polar surface area (TPSA) is 46.6 Å². The van der Waals surface area contributed by atoms with Gasteiger partial charge in [-0.15, -0.1) is 6.42 Å². The average molecular weight is 243 g/mol. The highest BCUT2D eigenvalue weighted by molar-refractivity contribution is 5.96. The van der Waals surface area contributed by atoms with Gasteiger partial charge in [-0.1, -0.05) is 5.92 Å². The highest BCUT2D eigenvalue weighted by Crippen LogP contribution is 2.21. The summed E-state index contributed by atoms with van der Waals surface area (Å²) in [5.74, 6) is 1.91. The third-order valence-corrected chi connectivity index (χ3v) is 2.77. The van der Waals surface area contributed by atoms with Crippen LogP contribution in [-0.4, -0.2) is 25.0 Å². The van der Waals surface area contributed by atoms with Gasteiger partial charge in [0.25, 0.3) is 0 Å². The Kier molecular flexibility index (Phi) is 3.63. The number of terminal acetylenes is 1. The van der Waals surface area contributed by atoms with Crippen molar-refractivity contribution in [2.45, 2.75) is 12.8 Å². The largest absolute Gasteiger partial charge is 0.449 e. The molecule has 4 heteroatoms. The van der Waals surface area contributed by atoms with Gasteiger partial charge in [-0.05, 0) is 30.7 Å². The number of esters is 1. The average Bonchev–Trinajstić information content (AvgIpc) is 2.82. The molecule has 0 aromatic heterocycles. The highest BCUT2D eigenvalue weighted by atomic mass is 16.5. The Labute approximate surface area is 106 Å². The number of ether oxygens (including phenoxy) is 1. The quantitative estimate of drug-likeness (QED) is 0.598. The molecule has 0 N–H and O–H groups in total. The number of nitrogens with zero attached hydrogens (tertiary/aromatic N) is 1. The number of rotatable bonds is 3. The van der Waals surface area contributed by atoms with Crippen molar-refractivity contribution in [3.63, 3.8) is 0 Å². The van der Waals surface area contributed by atoms with Gasteiger partial charge >= 0.3 is 5.97 Å². The second kappa shape index (κ2) is 5.37. The summed E-state index contributed by atoms with van der Waals surface area (Å²) in [4.78, 5) is 24.8. The van der Waals surface area contributed by atoms with Crippen LogP contribution in [0.2, 0.25) is 0 Å². The summed E-state index contributed by atoms with van der Waals surface area (Å²) in [6, 6.07) is 6.77. The van der Waals surface area contributed by atoms with E-state index in [0.29, 0.717) is 12.0 Å². The van der Waals surface area contributed by atoms with Crippen LogP contribution in [0.4, 0.5) is 5.69 Å². The minimum absolute atomic E-state index is 0.0365. The molecule has 0 radical (unpaired) electrons. The fourth-order valence-electron chi connectivity index (χ4n) is 1.89. The van der Waals surface area contributed by atoms with E-state index in [4.69, 9.17) is 11.2 Å². The molecular weight excluding hydrogens is 230 g/mol. The molecule has 1 saturated heterocycles. The van der Waals surface area contributed by atoms with Crippen molar-refractivity contribution in [3.05, 3.63) is 29.8 Å². The van der Waals surface area contributed by atoms with Gasteiger partial charge in [0.05, 0.1) is 5.56 Å². The van der Waals surface area contributed by atoms with Gasteiger partial charge < -0.3 is 9.64 Å². The van der Waals surface area contributed by atoms with Gasteiger partial charge in [-0.2, -0.15) is 0 Å². The van der Waals surface area contributed by atoms with E-state index in [1.54, 1.807) is 29.2 Å². The van der Waals surface area contributed by atoms with E-state index in [2.05, 4.69) is 5.92 Å². The van der Waals surface area contributed by atoms with Crippen molar-refractivity contribution in [1.29, 1.82) is 0 Å². The molecule has 1 aliphatic rings. The monoisotopic (exact) mass is 243 g/mol. The number of amides is 1. The van der Waals surface area contributed by atoms with Gasteiger partial charge in [-0.3, -0.25) is 4.79 Å². The van der Waals surface area contributed by atoms with Crippen molar-refractivity contribution in [3.8, 4) is 12.3 Å². The van der Waals surface area contributed by atoms with E-state index in [0.717, 1.165) is 18.7 Å². The predicted octanol–water partition coefficient (Wildman–Crippen LogP) is 1.60. The van der Waals surface area contributed by atoms with E-state index in [1.165, 1.54) is 0 Å². The molecule has 0 saturated carbocycles. The molecule has 0 bridgehead atoms. The van der Waals surface area contributed by atoms with Crippen LogP contribution in [-0.2, 0) is 9.53 Å². The van der Waals surface area contributed by atoms with Crippen molar-refractivity contribution in [1.82, 2.24) is 0 Å². The molecular formula is C14H13NO3. The van der Waals surface area contributed by atoms with Crippen LogP contribution >= 0.6 is 0 Å². The molecule has 0 atom stereocenters. The fourth-order valence-corrected chi connectivity index (χ4v) is 1.89. The molecule has 0 unspecified atom stereocenters. The molecule has 18 heavy (non-hydrogen) atoms. The summed E-state index contributed by atoms with van der Waals surface area (Å²) < 4.78 is 4.81. The van der Waals surface area contributed by atoms with E-state index in [9.17, 15) is 9.59 Å². The maximum absolute atomic E-state index is 11.5. The second-order valence-electron chi connectivity index (χ2n) is 3.98. The normalized spacial score (nSPS) is 14.4. The van der Waals surface area contributed by atoms with E-state index in [-0.39, 0.29) is 12.5 Å². The highest BCUT2D eigenvalue weighted by Gasteiger charge is 2.21. The minimum Gasteiger partial charge on any atom is -0.449 e. The minimum atomic E-state index is -0.452. The molecule has 1 heterocycles. The Morgan fingerprint density at radius 1 is 1.39 bits per heavy atom. The SMILES string of the molecule is C#CCOC(=O)c1ccc(N2CCCC2=O)cc1. The maximum atomic E-state index is 11.5. The summed E-state index contributed by atoms with van der Waals surface area (Å²) >= 11 is 0. The third kappa shape index (κ3) is 2.51. The molecule has 1 amide bonds. The van der Waals surface area contributed by atoms with Crippen LogP contribution in [0.1, 0.15) is 23.2 Å². The lowest BCUT2D eigenvalue weighted by molar-refractivity contribution is -0.117. The van der Waals surface area contributed by atoms with Crippen molar-refractivity contribution in [2.24, 2.45) is 0 Å². The van der Waals surface area contributed by atoms with Gasteiger partial charge in [-0.25, -0.2) is 4.79 Å². The standard InChI is InChI=1S/C14H13NO3/c1-2-10-18-14(17)11-5-7-12(8-6-11)15-9-3-4-13(15)16/h1,5-8H,3-4,9-10H2. The van der Waals surface area contributed by atoms with Crippen molar-refractivity contribution >= 4 is 17.6 Å². The first-order chi connectivity index (χ1) is 8.72. The zero-order valence-corrected chi connectivity index (χ0v) is 9.89. The fraction of sp³-hybridized carbons (Fsp3) is 0.286. The Bertz CT molecular complexity index is 499. The molecule has 1 fully saturated rings. The summed E-state index contributed by atoms with van der Waals surface area (Å²) in [5.41, 5.74) is 1.24. The van der Waals surface area contributed by atoms with E-state index < -0.39 is 5.97 Å².